The molecule has 3 aromatic rings. The van der Waals surface area contributed by atoms with Crippen LogP contribution in [0, 0.1) is 6.92 Å². The SMILES string of the molecule is C=CCNC(=O)N1CCC(c2nc(C(=O)Nc3ccccc3-c3ccc(C)cc3)cs2)CC1. The normalized spacial score (nSPS) is 14.0. The molecule has 6 nitrogen and oxygen atoms in total. The van der Waals surface area contributed by atoms with Gasteiger partial charge in [-0.25, -0.2) is 9.78 Å². The van der Waals surface area contributed by atoms with Gasteiger partial charge in [-0.15, -0.1) is 17.9 Å². The number of para-hydroxylation sites is 1. The Morgan fingerprint density at radius 2 is 1.88 bits per heavy atom. The summed E-state index contributed by atoms with van der Waals surface area (Å²) < 4.78 is 0. The molecule has 1 fully saturated rings. The zero-order chi connectivity index (χ0) is 23.2. The van der Waals surface area contributed by atoms with Gasteiger partial charge in [-0.1, -0.05) is 54.1 Å². The second-order valence-corrected chi connectivity index (χ2v) is 9.06. The van der Waals surface area contributed by atoms with E-state index in [1.807, 2.05) is 34.5 Å². The lowest BCUT2D eigenvalue weighted by molar-refractivity contribution is 0.102. The number of likely N-dealkylation sites (tertiary alicyclic amines) is 1. The van der Waals surface area contributed by atoms with Crippen LogP contribution in [-0.4, -0.2) is 41.5 Å². The van der Waals surface area contributed by atoms with Gasteiger partial charge in [0.15, 0.2) is 0 Å². The number of urea groups is 1. The molecule has 33 heavy (non-hydrogen) atoms. The van der Waals surface area contributed by atoms with Crippen molar-refractivity contribution in [2.45, 2.75) is 25.7 Å². The van der Waals surface area contributed by atoms with Gasteiger partial charge in [-0.2, -0.15) is 0 Å². The van der Waals surface area contributed by atoms with Crippen LogP contribution in [0.3, 0.4) is 0 Å². The van der Waals surface area contributed by atoms with Crippen molar-refractivity contribution in [1.29, 1.82) is 0 Å². The number of rotatable bonds is 6. The highest BCUT2D eigenvalue weighted by Gasteiger charge is 2.26. The number of hydrogen-bond donors (Lipinski definition) is 2. The maximum Gasteiger partial charge on any atom is 0.317 e. The maximum atomic E-state index is 13.0. The smallest absolute Gasteiger partial charge is 0.317 e. The van der Waals surface area contributed by atoms with Gasteiger partial charge in [-0.3, -0.25) is 4.79 Å². The standard InChI is InChI=1S/C26H28N4O2S/c1-3-14-27-26(32)30-15-12-20(13-16-30)25-29-23(17-33-25)24(31)28-22-7-5-4-6-21(22)19-10-8-18(2)9-11-19/h3-11,17,20H,1,12-16H2,2H3,(H,27,32)(H,28,31). The molecule has 0 saturated carbocycles. The number of piperidine rings is 1. The third-order valence-electron chi connectivity index (χ3n) is 5.82. The Labute approximate surface area is 198 Å². The first kappa shape index (κ1) is 22.7. The minimum atomic E-state index is -0.210. The first-order valence-electron chi connectivity index (χ1n) is 11.1. The van der Waals surface area contributed by atoms with E-state index in [-0.39, 0.29) is 17.9 Å². The van der Waals surface area contributed by atoms with E-state index in [1.165, 1.54) is 16.9 Å². The first-order valence-corrected chi connectivity index (χ1v) is 12.0. The molecule has 0 unspecified atom stereocenters. The number of nitrogens with zero attached hydrogens (tertiary/aromatic N) is 2. The lowest BCUT2D eigenvalue weighted by atomic mass is 9.98. The summed E-state index contributed by atoms with van der Waals surface area (Å²) in [7, 11) is 0. The van der Waals surface area contributed by atoms with Crippen molar-refractivity contribution in [3.05, 3.63) is 82.8 Å². The minimum Gasteiger partial charge on any atom is -0.335 e. The molecule has 0 aliphatic carbocycles. The molecule has 0 radical (unpaired) electrons. The van der Waals surface area contributed by atoms with Gasteiger partial charge in [0.1, 0.15) is 5.69 Å². The van der Waals surface area contributed by atoms with Crippen molar-refractivity contribution in [1.82, 2.24) is 15.2 Å². The fraction of sp³-hybridized carbons (Fsp3) is 0.269. The molecular weight excluding hydrogens is 432 g/mol. The number of hydrogen-bond acceptors (Lipinski definition) is 4. The molecule has 2 heterocycles. The van der Waals surface area contributed by atoms with Gasteiger partial charge >= 0.3 is 6.03 Å². The number of carbonyl (C=O) groups excluding carboxylic acids is 2. The molecule has 0 bridgehead atoms. The average Bonchev–Trinajstić information content (AvgIpc) is 3.34. The van der Waals surface area contributed by atoms with Crippen molar-refractivity contribution in [3.63, 3.8) is 0 Å². The van der Waals surface area contributed by atoms with E-state index in [2.05, 4.69) is 53.4 Å². The number of anilines is 1. The predicted molar refractivity (Wildman–Crippen MR) is 134 cm³/mol. The van der Waals surface area contributed by atoms with Crippen LogP contribution in [-0.2, 0) is 0 Å². The van der Waals surface area contributed by atoms with E-state index in [0.29, 0.717) is 25.3 Å². The van der Waals surface area contributed by atoms with Crippen LogP contribution in [0.5, 0.6) is 0 Å². The summed E-state index contributed by atoms with van der Waals surface area (Å²) in [5, 5.41) is 8.63. The Hall–Kier alpha value is -3.45. The van der Waals surface area contributed by atoms with Crippen LogP contribution in [0.25, 0.3) is 11.1 Å². The molecular formula is C26H28N4O2S. The monoisotopic (exact) mass is 460 g/mol. The molecule has 170 valence electrons. The quantitative estimate of drug-likeness (QED) is 0.481. The van der Waals surface area contributed by atoms with E-state index in [1.54, 1.807) is 6.08 Å². The lowest BCUT2D eigenvalue weighted by Crippen LogP contribution is -2.44. The van der Waals surface area contributed by atoms with E-state index < -0.39 is 0 Å². The van der Waals surface area contributed by atoms with Crippen molar-refractivity contribution in [3.8, 4) is 11.1 Å². The summed E-state index contributed by atoms with van der Waals surface area (Å²) in [5.41, 5.74) is 4.42. The van der Waals surface area contributed by atoms with Crippen molar-refractivity contribution in [2.75, 3.05) is 25.0 Å². The minimum absolute atomic E-state index is 0.0557. The third-order valence-corrected chi connectivity index (χ3v) is 6.83. The molecule has 2 N–H and O–H groups in total. The van der Waals surface area contributed by atoms with Gasteiger partial charge in [0.05, 0.1) is 5.01 Å². The molecule has 1 aromatic heterocycles. The van der Waals surface area contributed by atoms with E-state index in [0.717, 1.165) is 34.7 Å². The van der Waals surface area contributed by atoms with Crippen LogP contribution in [0.15, 0.2) is 66.6 Å². The molecule has 1 saturated heterocycles. The Morgan fingerprint density at radius 3 is 2.61 bits per heavy atom. The highest BCUT2D eigenvalue weighted by Crippen LogP contribution is 2.31. The summed E-state index contributed by atoms with van der Waals surface area (Å²) in [4.78, 5) is 31.5. The average molecular weight is 461 g/mol. The second-order valence-electron chi connectivity index (χ2n) is 8.17. The van der Waals surface area contributed by atoms with Gasteiger partial charge in [0, 0.05) is 42.2 Å². The second kappa shape index (κ2) is 10.4. The summed E-state index contributed by atoms with van der Waals surface area (Å²) in [6.45, 7) is 7.50. The Morgan fingerprint density at radius 1 is 1.15 bits per heavy atom. The third kappa shape index (κ3) is 5.49. The molecule has 0 spiro atoms. The highest BCUT2D eigenvalue weighted by molar-refractivity contribution is 7.10. The molecule has 3 amide bonds. The van der Waals surface area contributed by atoms with Gasteiger partial charge in [0.2, 0.25) is 0 Å². The van der Waals surface area contributed by atoms with Crippen molar-refractivity contribution in [2.24, 2.45) is 0 Å². The highest BCUT2D eigenvalue weighted by atomic mass is 32.1. The molecule has 1 aliphatic rings. The number of aromatic nitrogens is 1. The van der Waals surface area contributed by atoms with Crippen LogP contribution < -0.4 is 10.6 Å². The Balaban J connectivity index is 1.40. The molecule has 0 atom stereocenters. The number of aryl methyl sites for hydroxylation is 1. The van der Waals surface area contributed by atoms with Gasteiger partial charge < -0.3 is 15.5 Å². The summed E-state index contributed by atoms with van der Waals surface area (Å²) in [5.74, 6) is 0.0538. The van der Waals surface area contributed by atoms with E-state index >= 15 is 0 Å². The summed E-state index contributed by atoms with van der Waals surface area (Å²) in [6.07, 6.45) is 3.35. The largest absolute Gasteiger partial charge is 0.335 e. The molecule has 4 rings (SSSR count). The number of thiazole rings is 1. The topological polar surface area (TPSA) is 74.3 Å². The van der Waals surface area contributed by atoms with Crippen LogP contribution in [0.4, 0.5) is 10.5 Å². The lowest BCUT2D eigenvalue weighted by Gasteiger charge is -2.31. The van der Waals surface area contributed by atoms with Crippen molar-refractivity contribution < 1.29 is 9.59 Å². The maximum absolute atomic E-state index is 13.0. The molecule has 1 aliphatic heterocycles. The number of benzene rings is 2. The van der Waals surface area contributed by atoms with Gasteiger partial charge in [0.25, 0.3) is 5.91 Å². The van der Waals surface area contributed by atoms with Crippen LogP contribution in [0.1, 0.15) is 39.8 Å². The zero-order valence-corrected chi connectivity index (χ0v) is 19.5. The Bertz CT molecular complexity index is 1130. The fourth-order valence-corrected chi connectivity index (χ4v) is 4.91. The number of nitrogens with one attached hydrogen (secondary N) is 2. The molecule has 7 heteroatoms. The fourth-order valence-electron chi connectivity index (χ4n) is 3.94. The Kier molecular flexibility index (Phi) is 7.19. The predicted octanol–water partition coefficient (Wildman–Crippen LogP) is 5.45. The summed E-state index contributed by atoms with van der Waals surface area (Å²) >= 11 is 1.52. The van der Waals surface area contributed by atoms with Gasteiger partial charge in [-0.05, 0) is 31.4 Å². The first-order chi connectivity index (χ1) is 16.0. The number of amides is 3. The summed E-state index contributed by atoms with van der Waals surface area (Å²) in [6, 6.07) is 16.0. The molecule has 2 aromatic carbocycles. The zero-order valence-electron chi connectivity index (χ0n) is 18.7. The van der Waals surface area contributed by atoms with Crippen LogP contribution in [0.2, 0.25) is 0 Å². The van der Waals surface area contributed by atoms with Crippen LogP contribution >= 0.6 is 11.3 Å². The van der Waals surface area contributed by atoms with E-state index in [4.69, 9.17) is 0 Å². The van der Waals surface area contributed by atoms with E-state index in [9.17, 15) is 9.59 Å². The van der Waals surface area contributed by atoms with Crippen molar-refractivity contribution >= 4 is 29.0 Å². The number of carbonyl (C=O) groups is 2.